The van der Waals surface area contributed by atoms with Crippen LogP contribution in [0.4, 0.5) is 0 Å². The molecule has 2 aromatic carbocycles. The number of hydrogen-bond donors (Lipinski definition) is 1. The molecular formula is C26H29N5. The number of hydrogen-bond acceptors (Lipinski definition) is 2. The van der Waals surface area contributed by atoms with Gasteiger partial charge in [0.2, 0.25) is 0 Å². The lowest BCUT2D eigenvalue weighted by Crippen LogP contribution is -1.99. The molecule has 5 rings (SSSR count). The Hall–Kier alpha value is -3.34. The Morgan fingerprint density at radius 2 is 1.10 bits per heavy atom. The topological polar surface area (TPSA) is 51.4 Å². The summed E-state index contributed by atoms with van der Waals surface area (Å²) < 4.78 is 3.99. The zero-order chi connectivity index (χ0) is 21.9. The van der Waals surface area contributed by atoms with Crippen molar-refractivity contribution in [1.29, 1.82) is 0 Å². The van der Waals surface area contributed by atoms with Crippen molar-refractivity contribution in [3.63, 3.8) is 0 Å². The fourth-order valence-electron chi connectivity index (χ4n) is 4.27. The van der Waals surface area contributed by atoms with Crippen LogP contribution < -0.4 is 0 Å². The van der Waals surface area contributed by atoms with E-state index in [2.05, 4.69) is 95.3 Å². The number of aryl methyl sites for hydroxylation is 2. The minimum Gasteiger partial charge on any atom is -0.351 e. The quantitative estimate of drug-likeness (QED) is 0.364. The lowest BCUT2D eigenvalue weighted by molar-refractivity contribution is 0.769. The third-order valence-corrected chi connectivity index (χ3v) is 5.96. The predicted molar refractivity (Wildman–Crippen MR) is 128 cm³/mol. The number of aromatic nitrogens is 5. The van der Waals surface area contributed by atoms with E-state index in [4.69, 9.17) is 10.2 Å². The lowest BCUT2D eigenvalue weighted by atomic mass is 10.1. The summed E-state index contributed by atoms with van der Waals surface area (Å²) in [5.41, 5.74) is 8.97. The Morgan fingerprint density at radius 3 is 1.45 bits per heavy atom. The highest BCUT2D eigenvalue weighted by Gasteiger charge is 2.17. The summed E-state index contributed by atoms with van der Waals surface area (Å²) in [5, 5.41) is 12.1. The molecule has 0 radical (unpaired) electrons. The number of benzene rings is 2. The summed E-state index contributed by atoms with van der Waals surface area (Å²) in [6.45, 7) is 13.0. The van der Waals surface area contributed by atoms with Crippen LogP contribution in [-0.4, -0.2) is 24.5 Å². The summed E-state index contributed by atoms with van der Waals surface area (Å²) in [6.07, 6.45) is 4.12. The molecule has 31 heavy (non-hydrogen) atoms. The van der Waals surface area contributed by atoms with Crippen molar-refractivity contribution in [2.75, 3.05) is 0 Å². The normalized spacial score (nSPS) is 12.1. The zero-order valence-electron chi connectivity index (χ0n) is 19.1. The molecule has 0 unspecified atom stereocenters. The van der Waals surface area contributed by atoms with Gasteiger partial charge in [0.1, 0.15) is 0 Å². The molecule has 5 heteroatoms. The largest absolute Gasteiger partial charge is 0.351 e. The highest BCUT2D eigenvalue weighted by atomic mass is 15.3. The van der Waals surface area contributed by atoms with Crippen LogP contribution in [0.3, 0.4) is 0 Å². The summed E-state index contributed by atoms with van der Waals surface area (Å²) in [4.78, 5) is 3.72. The van der Waals surface area contributed by atoms with E-state index in [9.17, 15) is 0 Å². The average molecular weight is 412 g/mol. The van der Waals surface area contributed by atoms with E-state index in [-0.39, 0.29) is 0 Å². The maximum Gasteiger partial charge on any atom is 0.0889 e. The highest BCUT2D eigenvalue weighted by molar-refractivity contribution is 6.12. The molecule has 0 aliphatic rings. The molecule has 3 aromatic heterocycles. The van der Waals surface area contributed by atoms with Crippen LogP contribution in [0.1, 0.15) is 62.0 Å². The molecule has 3 heterocycles. The number of nitrogens with one attached hydrogen (secondary N) is 1. The molecule has 0 fully saturated rings. The molecule has 0 amide bonds. The molecule has 0 aliphatic carbocycles. The Kier molecular flexibility index (Phi) is 4.50. The second-order valence-electron chi connectivity index (χ2n) is 9.22. The Balaban J connectivity index is 1.79. The fourth-order valence-corrected chi connectivity index (χ4v) is 4.27. The third-order valence-electron chi connectivity index (χ3n) is 5.96. The van der Waals surface area contributed by atoms with E-state index in [0.29, 0.717) is 11.8 Å². The predicted octanol–water partition coefficient (Wildman–Crippen LogP) is 6.56. The van der Waals surface area contributed by atoms with E-state index < -0.39 is 0 Å². The average Bonchev–Trinajstić information content (AvgIpc) is 3.45. The van der Waals surface area contributed by atoms with Crippen molar-refractivity contribution in [3.8, 4) is 11.4 Å². The van der Waals surface area contributed by atoms with Crippen LogP contribution in [0.2, 0.25) is 0 Å². The van der Waals surface area contributed by atoms with Gasteiger partial charge in [0.05, 0.1) is 33.8 Å². The standard InChI is InChI=1S/C26H29N5/c1-15(2)21-7-9-30(28-21)23-13-17(5)11-19-20-12-18(6)14-24(26(20)27-25(19)23)31-10-8-22(29-31)16(3)4/h7-16,27H,1-6H3. The van der Waals surface area contributed by atoms with Crippen molar-refractivity contribution >= 4 is 21.8 Å². The van der Waals surface area contributed by atoms with Crippen LogP contribution >= 0.6 is 0 Å². The maximum absolute atomic E-state index is 4.84. The van der Waals surface area contributed by atoms with Crippen molar-refractivity contribution in [1.82, 2.24) is 24.5 Å². The van der Waals surface area contributed by atoms with Gasteiger partial charge in [-0.1, -0.05) is 27.7 Å². The van der Waals surface area contributed by atoms with E-state index in [1.54, 1.807) is 0 Å². The first kappa shape index (κ1) is 19.6. The maximum atomic E-state index is 4.84. The minimum atomic E-state index is 0.397. The summed E-state index contributed by atoms with van der Waals surface area (Å²) in [6, 6.07) is 13.1. The monoisotopic (exact) mass is 411 g/mol. The SMILES string of the molecule is Cc1cc(-n2ccc(C(C)C)n2)c2[nH]c3c(-n4ccc(C(C)C)n4)cc(C)cc3c2c1. The lowest BCUT2D eigenvalue weighted by Gasteiger charge is -2.06. The van der Waals surface area contributed by atoms with E-state index >= 15 is 0 Å². The third kappa shape index (κ3) is 3.25. The smallest absolute Gasteiger partial charge is 0.0889 e. The molecule has 0 spiro atoms. The molecule has 0 bridgehead atoms. The molecular weight excluding hydrogens is 382 g/mol. The Bertz CT molecular complexity index is 1300. The van der Waals surface area contributed by atoms with Gasteiger partial charge in [0.25, 0.3) is 0 Å². The van der Waals surface area contributed by atoms with Crippen molar-refractivity contribution < 1.29 is 0 Å². The van der Waals surface area contributed by atoms with Gasteiger partial charge in [0, 0.05) is 23.2 Å². The van der Waals surface area contributed by atoms with Crippen LogP contribution in [0.5, 0.6) is 0 Å². The first-order valence-electron chi connectivity index (χ1n) is 11.0. The number of fused-ring (bicyclic) bond motifs is 3. The summed E-state index contributed by atoms with van der Waals surface area (Å²) in [5.74, 6) is 0.793. The van der Waals surface area contributed by atoms with Crippen LogP contribution in [0, 0.1) is 13.8 Å². The summed E-state index contributed by atoms with van der Waals surface area (Å²) >= 11 is 0. The van der Waals surface area contributed by atoms with Crippen LogP contribution in [-0.2, 0) is 0 Å². The van der Waals surface area contributed by atoms with Gasteiger partial charge >= 0.3 is 0 Å². The summed E-state index contributed by atoms with van der Waals surface area (Å²) in [7, 11) is 0. The van der Waals surface area contributed by atoms with E-state index in [1.165, 1.54) is 21.9 Å². The van der Waals surface area contributed by atoms with Gasteiger partial charge in [-0.3, -0.25) is 0 Å². The van der Waals surface area contributed by atoms with Gasteiger partial charge in [-0.25, -0.2) is 9.36 Å². The Morgan fingerprint density at radius 1 is 0.677 bits per heavy atom. The molecule has 0 aliphatic heterocycles. The molecule has 0 saturated carbocycles. The van der Waals surface area contributed by atoms with Gasteiger partial charge in [0.15, 0.2) is 0 Å². The number of aromatic amines is 1. The number of rotatable bonds is 4. The Labute approximate surface area is 182 Å². The van der Waals surface area contributed by atoms with E-state index in [0.717, 1.165) is 33.8 Å². The first-order valence-corrected chi connectivity index (χ1v) is 11.0. The number of nitrogens with zero attached hydrogens (tertiary/aromatic N) is 4. The fraction of sp³-hybridized carbons (Fsp3) is 0.308. The molecule has 158 valence electrons. The van der Waals surface area contributed by atoms with E-state index in [1.807, 2.05) is 9.36 Å². The van der Waals surface area contributed by atoms with Crippen molar-refractivity contribution in [3.05, 3.63) is 71.3 Å². The van der Waals surface area contributed by atoms with Crippen molar-refractivity contribution in [2.45, 2.75) is 53.4 Å². The molecule has 0 saturated heterocycles. The van der Waals surface area contributed by atoms with Crippen molar-refractivity contribution in [2.24, 2.45) is 0 Å². The number of H-pyrrole nitrogens is 1. The first-order chi connectivity index (χ1) is 14.8. The van der Waals surface area contributed by atoms with Gasteiger partial charge in [-0.15, -0.1) is 0 Å². The van der Waals surface area contributed by atoms with Gasteiger partial charge < -0.3 is 4.98 Å². The minimum absolute atomic E-state index is 0.397. The zero-order valence-corrected chi connectivity index (χ0v) is 19.1. The molecule has 5 nitrogen and oxygen atoms in total. The van der Waals surface area contributed by atoms with Crippen LogP contribution in [0.25, 0.3) is 33.2 Å². The van der Waals surface area contributed by atoms with Gasteiger partial charge in [-0.05, 0) is 73.2 Å². The molecule has 5 aromatic rings. The highest BCUT2D eigenvalue weighted by Crippen LogP contribution is 2.35. The molecule has 1 N–H and O–H groups in total. The van der Waals surface area contributed by atoms with Crippen LogP contribution in [0.15, 0.2) is 48.8 Å². The second-order valence-corrected chi connectivity index (χ2v) is 9.22. The molecule has 0 atom stereocenters. The second kappa shape index (κ2) is 7.12. The van der Waals surface area contributed by atoms with Gasteiger partial charge in [-0.2, -0.15) is 10.2 Å².